The lowest BCUT2D eigenvalue weighted by atomic mass is 9.61. The molecule has 14 radical (unpaired) electrons. The first-order valence-corrected chi connectivity index (χ1v) is 23.0. The van der Waals surface area contributed by atoms with Gasteiger partial charge in [-0.15, -0.1) is 10.9 Å². The molecule has 0 unspecified atom stereocenters. The van der Waals surface area contributed by atoms with Gasteiger partial charge in [-0.2, -0.15) is 0 Å². The SMILES string of the molecule is [B]c1c([B])c([B])c2c(c1[B])-c1c([B])c([B])c(N(c3ccc(-c4ccc(-c5ccccc5)c5cc(-c6ccccc6)cc(-c6ccccc6)c45)cc3)c3ccccc3-c3ccccc3)c([B])c1C2(C)C. The molecule has 0 N–H and O–H groups in total. The van der Waals surface area contributed by atoms with Crippen LogP contribution in [0.1, 0.15) is 25.0 Å². The Morgan fingerprint density at radius 2 is 0.783 bits per heavy atom. The van der Waals surface area contributed by atoms with E-state index in [1.807, 2.05) is 30.3 Å². The smallest absolute Gasteiger partial charge is 0.117 e. The third-order valence-electron chi connectivity index (χ3n) is 14.0. The number of hydrogen-bond acceptors (Lipinski definition) is 1. The molecule has 1 nitrogen and oxygen atoms in total. The van der Waals surface area contributed by atoms with Crippen molar-refractivity contribution in [1.29, 1.82) is 0 Å². The van der Waals surface area contributed by atoms with Gasteiger partial charge in [-0.25, -0.2) is 0 Å². The molecule has 0 saturated carbocycles. The fraction of sp³-hybridized carbons (Fsp3) is 0.0492. The molecule has 0 spiro atoms. The van der Waals surface area contributed by atoms with E-state index >= 15 is 0 Å². The lowest BCUT2D eigenvalue weighted by Gasteiger charge is -2.35. The average Bonchev–Trinajstić information content (AvgIpc) is 3.65. The minimum absolute atomic E-state index is 0.198. The molecule has 0 bridgehead atoms. The molecule has 0 aromatic heterocycles. The summed E-state index contributed by atoms with van der Waals surface area (Å²) in [4.78, 5) is 2.13. The Balaban J connectivity index is 1.16. The summed E-state index contributed by atoms with van der Waals surface area (Å²) in [7, 11) is 48.6. The lowest BCUT2D eigenvalue weighted by Crippen LogP contribution is -2.51. The molecule has 308 valence electrons. The van der Waals surface area contributed by atoms with Crippen molar-refractivity contribution in [3.8, 4) is 66.8 Å². The molecule has 0 saturated heterocycles. The van der Waals surface area contributed by atoms with Crippen LogP contribution in [0.15, 0.2) is 194 Å². The van der Waals surface area contributed by atoms with Gasteiger partial charge in [0, 0.05) is 22.4 Å². The van der Waals surface area contributed by atoms with Gasteiger partial charge in [0.25, 0.3) is 0 Å². The van der Waals surface area contributed by atoms with Gasteiger partial charge in [-0.3, -0.25) is 0 Å². The lowest BCUT2D eigenvalue weighted by molar-refractivity contribution is 0.669. The van der Waals surface area contributed by atoms with Crippen LogP contribution in [0.3, 0.4) is 0 Å². The van der Waals surface area contributed by atoms with Crippen LogP contribution in [0.4, 0.5) is 17.1 Å². The predicted octanol–water partition coefficient (Wildman–Crippen LogP) is 8.51. The number of para-hydroxylation sites is 1. The molecule has 0 fully saturated rings. The monoisotopic (exact) mass is 861 g/mol. The fourth-order valence-electron chi connectivity index (χ4n) is 10.8. The van der Waals surface area contributed by atoms with Crippen molar-refractivity contribution in [3.05, 3.63) is 205 Å². The van der Waals surface area contributed by atoms with E-state index in [0.717, 1.165) is 83.3 Å². The van der Waals surface area contributed by atoms with Crippen molar-refractivity contribution in [2.45, 2.75) is 19.3 Å². The minimum Gasteiger partial charge on any atom is -0.311 e. The van der Waals surface area contributed by atoms with Gasteiger partial charge in [0.1, 0.15) is 54.9 Å². The van der Waals surface area contributed by atoms with E-state index in [1.54, 1.807) is 0 Å². The highest BCUT2D eigenvalue weighted by Gasteiger charge is 2.42. The van der Waals surface area contributed by atoms with Gasteiger partial charge in [-0.1, -0.05) is 205 Å². The van der Waals surface area contributed by atoms with E-state index < -0.39 is 5.41 Å². The highest BCUT2D eigenvalue weighted by molar-refractivity contribution is 6.65. The Morgan fingerprint density at radius 3 is 1.38 bits per heavy atom. The zero-order valence-corrected chi connectivity index (χ0v) is 38.5. The number of nitrogens with zero attached hydrogens (tertiary/aromatic N) is 1. The van der Waals surface area contributed by atoms with Crippen molar-refractivity contribution in [3.63, 3.8) is 0 Å². The van der Waals surface area contributed by atoms with Crippen LogP contribution < -0.4 is 43.1 Å². The molecule has 10 aromatic rings. The summed E-state index contributed by atoms with van der Waals surface area (Å²) in [6, 6.07) is 68.2. The number of fused-ring (bicyclic) bond motifs is 4. The Labute approximate surface area is 414 Å². The standard InChI is InChI=1S/C61H38B7N/c1-61(2)51-49(53(62)57(66)58(67)55(51)64)50-52(61)56(65)60(59(68)54(50)63)69(47-26-16-15-25-43(47)37-21-11-5-12-22-37)41-29-27-39(28-30-41)44-32-31-42(36-19-9-4-10-20-36)46-34-40(35-17-7-3-8-18-35)33-45(48(44)46)38-23-13-6-14-24-38/h3-34H,1-2H3. The highest BCUT2D eigenvalue weighted by Crippen LogP contribution is 2.49. The molecule has 1 aliphatic rings. The molecule has 0 amide bonds. The van der Waals surface area contributed by atoms with Gasteiger partial charge >= 0.3 is 0 Å². The van der Waals surface area contributed by atoms with Gasteiger partial charge in [0.05, 0.1) is 5.69 Å². The maximum Gasteiger partial charge on any atom is 0.117 e. The van der Waals surface area contributed by atoms with Crippen LogP contribution in [-0.2, 0) is 5.41 Å². The van der Waals surface area contributed by atoms with Crippen molar-refractivity contribution >= 4 is 121 Å². The van der Waals surface area contributed by atoms with Crippen molar-refractivity contribution in [2.24, 2.45) is 0 Å². The van der Waals surface area contributed by atoms with Crippen LogP contribution >= 0.6 is 0 Å². The predicted molar refractivity (Wildman–Crippen MR) is 301 cm³/mol. The first-order chi connectivity index (χ1) is 33.5. The third kappa shape index (κ3) is 7.18. The second kappa shape index (κ2) is 17.3. The molecule has 1 aliphatic carbocycles. The summed E-state index contributed by atoms with van der Waals surface area (Å²) in [5.41, 5.74) is 17.2. The highest BCUT2D eigenvalue weighted by atomic mass is 15.1. The maximum atomic E-state index is 7.55. The van der Waals surface area contributed by atoms with Crippen molar-refractivity contribution in [2.75, 3.05) is 4.90 Å². The Bertz CT molecular complexity index is 3630. The fourth-order valence-corrected chi connectivity index (χ4v) is 10.8. The van der Waals surface area contributed by atoms with Crippen LogP contribution in [0.2, 0.25) is 0 Å². The van der Waals surface area contributed by atoms with E-state index in [1.165, 1.54) is 0 Å². The molecule has 0 aliphatic heterocycles. The summed E-state index contributed by atoms with van der Waals surface area (Å²) in [5.74, 6) is 0. The summed E-state index contributed by atoms with van der Waals surface area (Å²) >= 11 is 0. The first-order valence-electron chi connectivity index (χ1n) is 23.0. The molecule has 0 heterocycles. The summed E-state index contributed by atoms with van der Waals surface area (Å²) < 4.78 is 0. The normalized spacial score (nSPS) is 12.4. The molecule has 69 heavy (non-hydrogen) atoms. The largest absolute Gasteiger partial charge is 0.311 e. The molecular weight excluding hydrogens is 822 g/mol. The first kappa shape index (κ1) is 44.2. The number of anilines is 3. The van der Waals surface area contributed by atoms with E-state index in [2.05, 4.69) is 183 Å². The number of rotatable bonds is 8. The number of benzene rings is 10. The van der Waals surface area contributed by atoms with Gasteiger partial charge in [0.15, 0.2) is 0 Å². The van der Waals surface area contributed by atoms with Crippen LogP contribution in [-0.4, -0.2) is 54.9 Å². The maximum absolute atomic E-state index is 7.55. The average molecular weight is 861 g/mol. The van der Waals surface area contributed by atoms with Crippen molar-refractivity contribution < 1.29 is 0 Å². The molecule has 0 atom stereocenters. The van der Waals surface area contributed by atoms with E-state index in [9.17, 15) is 0 Å². The zero-order valence-electron chi connectivity index (χ0n) is 38.5. The quantitative estimate of drug-likeness (QED) is 0.139. The van der Waals surface area contributed by atoms with Gasteiger partial charge < -0.3 is 4.90 Å². The van der Waals surface area contributed by atoms with Gasteiger partial charge in [0.2, 0.25) is 0 Å². The minimum atomic E-state index is -0.788. The molecule has 10 aromatic carbocycles. The zero-order chi connectivity index (χ0) is 47.7. The second-order valence-corrected chi connectivity index (χ2v) is 18.3. The van der Waals surface area contributed by atoms with Crippen molar-refractivity contribution in [1.82, 2.24) is 0 Å². The van der Waals surface area contributed by atoms with Gasteiger partial charge in [-0.05, 0) is 113 Å². The number of hydrogen-bond donors (Lipinski definition) is 0. The molecule has 8 heteroatoms. The van der Waals surface area contributed by atoms with Crippen LogP contribution in [0.25, 0.3) is 77.5 Å². The van der Waals surface area contributed by atoms with Crippen LogP contribution in [0.5, 0.6) is 0 Å². The molecular formula is C61H38B7N. The second-order valence-electron chi connectivity index (χ2n) is 18.3. The topological polar surface area (TPSA) is 3.24 Å². The third-order valence-corrected chi connectivity index (χ3v) is 14.0. The summed E-state index contributed by atoms with van der Waals surface area (Å²) in [6.07, 6.45) is 0. The van der Waals surface area contributed by atoms with E-state index in [4.69, 9.17) is 54.9 Å². The Kier molecular flexibility index (Phi) is 11.1. The van der Waals surface area contributed by atoms with E-state index in [0.29, 0.717) is 49.7 Å². The summed E-state index contributed by atoms with van der Waals surface area (Å²) in [6.45, 7) is 4.10. The summed E-state index contributed by atoms with van der Waals surface area (Å²) in [5, 5.41) is 2.31. The van der Waals surface area contributed by atoms with Crippen LogP contribution in [0, 0.1) is 0 Å². The van der Waals surface area contributed by atoms with E-state index in [-0.39, 0.29) is 10.9 Å². The molecule has 11 rings (SSSR count). The Morgan fingerprint density at radius 1 is 0.333 bits per heavy atom. The Hall–Kier alpha value is -7.29.